The van der Waals surface area contributed by atoms with Crippen LogP contribution < -0.4 is 0 Å². The molecule has 0 radical (unpaired) electrons. The third kappa shape index (κ3) is 13.8. The maximum Gasteiger partial charge on any atom is 0.0737 e. The maximum atomic E-state index is 5.40. The number of rotatable bonds is 12. The van der Waals surface area contributed by atoms with Crippen molar-refractivity contribution < 1.29 is 0 Å². The van der Waals surface area contributed by atoms with Crippen LogP contribution in [0, 0.1) is 0 Å². The second-order valence-electron chi connectivity index (χ2n) is 37.7. The Hall–Kier alpha value is -20.2. The highest BCUT2D eigenvalue weighted by atomic mass is 15.1. The molecule has 13 heteroatoms. The van der Waals surface area contributed by atoms with Gasteiger partial charge in [0.2, 0.25) is 0 Å². The van der Waals surface area contributed by atoms with Crippen LogP contribution in [-0.4, -0.2) is 62.3 Å². The fraction of sp³-hybridized carbons (Fsp3) is 0. The van der Waals surface area contributed by atoms with Crippen LogP contribution in [0.4, 0.5) is 0 Å². The molecule has 0 bridgehead atoms. The monoisotopic (exact) mass is 1890 g/mol. The summed E-state index contributed by atoms with van der Waals surface area (Å²) >= 11 is 0. The van der Waals surface area contributed by atoms with Gasteiger partial charge in [0.1, 0.15) is 0 Å². The van der Waals surface area contributed by atoms with Crippen LogP contribution in [0.3, 0.4) is 0 Å². The van der Waals surface area contributed by atoms with E-state index in [-0.39, 0.29) is 0 Å². The summed E-state index contributed by atoms with van der Waals surface area (Å²) in [5, 5.41) is 20.2. The van der Waals surface area contributed by atoms with E-state index >= 15 is 0 Å². The smallest absolute Gasteiger partial charge is 0.0737 e. The van der Waals surface area contributed by atoms with Crippen molar-refractivity contribution >= 4 is 174 Å². The van der Waals surface area contributed by atoms with E-state index in [2.05, 4.69) is 521 Å². The van der Waals surface area contributed by atoms with Gasteiger partial charge in [0.25, 0.3) is 0 Å². The van der Waals surface area contributed by atoms with E-state index in [4.69, 9.17) is 15.0 Å². The summed E-state index contributed by atoms with van der Waals surface area (Å²) in [5.74, 6) is 0. The van der Waals surface area contributed by atoms with E-state index in [1.54, 1.807) is 0 Å². The third-order valence-corrected chi connectivity index (χ3v) is 29.5. The molecule has 0 saturated carbocycles. The van der Waals surface area contributed by atoms with E-state index in [0.29, 0.717) is 0 Å². The van der Waals surface area contributed by atoms with Crippen molar-refractivity contribution in [2.45, 2.75) is 0 Å². The lowest BCUT2D eigenvalue weighted by Gasteiger charge is -2.15. The third-order valence-electron chi connectivity index (χ3n) is 29.5. The summed E-state index contributed by atoms with van der Waals surface area (Å²) in [6.07, 6.45) is 9.51. The number of aromatic nitrogens is 13. The Morgan fingerprint density at radius 3 is 0.872 bits per heavy atom. The highest BCUT2D eigenvalue weighted by Crippen LogP contribution is 2.50. The van der Waals surface area contributed by atoms with Crippen molar-refractivity contribution in [2.24, 2.45) is 0 Å². The molecule has 13 aromatic heterocycles. The van der Waals surface area contributed by atoms with Crippen LogP contribution in [0.25, 0.3) is 276 Å². The zero-order valence-electron chi connectivity index (χ0n) is 79.9. The molecule has 0 atom stereocenters. The van der Waals surface area contributed by atoms with Gasteiger partial charge in [-0.3, -0.25) is 19.9 Å². The lowest BCUT2D eigenvalue weighted by atomic mass is 10.0. The lowest BCUT2D eigenvalue weighted by Crippen LogP contribution is -1.99. The summed E-state index contributed by atoms with van der Waals surface area (Å²) in [4.78, 5) is 34.3. The molecule has 13 heterocycles. The molecule has 0 saturated heterocycles. The van der Waals surface area contributed by atoms with Gasteiger partial charge >= 0.3 is 0 Å². The summed E-state index contributed by atoms with van der Waals surface area (Å²) in [6, 6.07) is 172. The van der Waals surface area contributed by atoms with Crippen LogP contribution in [0.1, 0.15) is 0 Å². The molecule has 18 aromatic carbocycles. The minimum Gasteiger partial charge on any atom is -0.309 e. The van der Waals surface area contributed by atoms with E-state index in [1.807, 2.05) is 43.1 Å². The van der Waals surface area contributed by atoms with Gasteiger partial charge in [-0.15, -0.1) is 0 Å². The zero-order chi connectivity index (χ0) is 97.4. The predicted octanol–water partition coefficient (Wildman–Crippen LogP) is 34.0. The van der Waals surface area contributed by atoms with Crippen molar-refractivity contribution in [1.82, 2.24) is 62.3 Å². The van der Waals surface area contributed by atoms with E-state index < -0.39 is 0 Å². The van der Waals surface area contributed by atoms with Gasteiger partial charge in [-0.25, -0.2) is 15.0 Å². The Labute approximate surface area is 848 Å². The van der Waals surface area contributed by atoms with Crippen LogP contribution in [0.5, 0.6) is 0 Å². The minimum absolute atomic E-state index is 0.886. The lowest BCUT2D eigenvalue weighted by molar-refractivity contribution is 1.16. The Morgan fingerprint density at radius 2 is 0.459 bits per heavy atom. The molecule has 0 amide bonds. The first-order valence-corrected chi connectivity index (χ1v) is 50.0. The van der Waals surface area contributed by atoms with Gasteiger partial charge in [0.05, 0.1) is 145 Å². The van der Waals surface area contributed by atoms with E-state index in [9.17, 15) is 0 Å². The molecule has 0 aliphatic rings. The van der Waals surface area contributed by atoms with E-state index in [0.717, 1.165) is 178 Å². The summed E-state index contributed by atoms with van der Waals surface area (Å²) in [7, 11) is 0. The Balaban J connectivity index is 0.000000105. The number of nitrogens with zero attached hydrogens (tertiary/aromatic N) is 13. The van der Waals surface area contributed by atoms with Gasteiger partial charge in [-0.2, -0.15) is 0 Å². The van der Waals surface area contributed by atoms with Crippen LogP contribution in [0.15, 0.2) is 516 Å². The Bertz CT molecular complexity index is 10200. The molecule has 690 valence electrons. The number of pyridine rings is 7. The second-order valence-corrected chi connectivity index (χ2v) is 37.7. The van der Waals surface area contributed by atoms with Crippen LogP contribution >= 0.6 is 0 Å². The molecule has 0 N–H and O–H groups in total. The molecule has 0 fully saturated rings. The van der Waals surface area contributed by atoms with Gasteiger partial charge in [0.15, 0.2) is 0 Å². The van der Waals surface area contributed by atoms with Crippen molar-refractivity contribution in [1.29, 1.82) is 0 Å². The molecule has 0 aliphatic carbocycles. The minimum atomic E-state index is 0.886. The normalized spacial score (nSPS) is 11.8. The van der Waals surface area contributed by atoms with Gasteiger partial charge in [-0.05, 0) is 152 Å². The molecule has 148 heavy (non-hydrogen) atoms. The quantitative estimate of drug-likeness (QED) is 0.119. The van der Waals surface area contributed by atoms with Crippen molar-refractivity contribution in [2.75, 3.05) is 0 Å². The van der Waals surface area contributed by atoms with Gasteiger partial charge in [0, 0.05) is 162 Å². The molecular formula is C135H85N13. The number of hydrogen-bond donors (Lipinski definition) is 0. The number of hydrogen-bond acceptors (Lipinski definition) is 7. The average molecular weight is 1890 g/mol. The predicted molar refractivity (Wildman–Crippen MR) is 613 cm³/mol. The molecular weight excluding hydrogens is 1800 g/mol. The first kappa shape index (κ1) is 84.7. The van der Waals surface area contributed by atoms with Crippen molar-refractivity contribution in [3.63, 3.8) is 0 Å². The van der Waals surface area contributed by atoms with E-state index in [1.165, 1.54) is 97.6 Å². The SMILES string of the molecule is c1ccc(-c2cc(-n3c4ccccc4c4ccc5c(c6ccccc6n5-c5cccc6cnccc56)c43)cc(-c3ccccc3)n2)cc1.c1ccc(-c2cc(-n3c4ccccc4c4ccc5c(c6ccccc6n5-c5ccnc6ccccc56)c43)cc(-c3ccccc3)n2)cc1.c1ccc(-n2c3ccccc3c3ccc4c(c5ccccc5n4-c4cc(-c5ccnc6ccccc56)nc(-c5ccnc6ccccc56)c4)c32)cc1. The van der Waals surface area contributed by atoms with Gasteiger partial charge in [-0.1, -0.05) is 334 Å². The zero-order valence-corrected chi connectivity index (χ0v) is 79.9. The fourth-order valence-electron chi connectivity index (χ4n) is 23.2. The summed E-state index contributed by atoms with van der Waals surface area (Å²) < 4.78 is 14.6. The maximum absolute atomic E-state index is 5.40. The second kappa shape index (κ2) is 34.9. The fourth-order valence-corrected chi connectivity index (χ4v) is 23.2. The molecule has 31 aromatic rings. The highest BCUT2D eigenvalue weighted by molar-refractivity contribution is 6.30. The summed E-state index contributed by atoms with van der Waals surface area (Å²) in [6.45, 7) is 0. The Kier molecular flexibility index (Phi) is 20.0. The highest BCUT2D eigenvalue weighted by Gasteiger charge is 2.29. The Morgan fingerprint density at radius 1 is 0.162 bits per heavy atom. The first-order valence-electron chi connectivity index (χ1n) is 50.0. The van der Waals surface area contributed by atoms with Crippen LogP contribution in [-0.2, 0) is 0 Å². The molecule has 31 rings (SSSR count). The largest absolute Gasteiger partial charge is 0.309 e. The summed E-state index contributed by atoms with van der Waals surface area (Å²) in [5.41, 5.74) is 35.5. The first-order chi connectivity index (χ1) is 73.5. The van der Waals surface area contributed by atoms with Crippen LogP contribution in [0.2, 0.25) is 0 Å². The number of para-hydroxylation sites is 10. The average Bonchev–Trinajstić information content (AvgIpc) is 1.56. The standard InChI is InChI=1S/C47H29N5.2C44H28N4/c1-2-12-30(13-3-1)52-43-20-10-6-16-36(43)37-22-23-45-46(47(37)52)38-17-7-11-21-44(38)51(45)31-28-41(34-24-26-48-39-18-8-4-14-32(34)39)50-42(29-31)35-25-27-49-40-19-9-5-15-33(35)40;1-3-13-29(14-4-1)37-27-31(28-38(46-37)30-15-5-2-6-16-30)47-39-21-11-8-17-32(39)33-23-24-42-43(44(33)47)35-19-9-12-22-40(35)48(42)41-25-26-45-36-20-10-7-18-34(36)41;1-3-12-29(13-4-1)37-26-32(27-38(46-37)30-14-5-2-6-15-30)47-40-19-9-7-17-34(40)35-22-23-42-43(44(35)47)36-18-8-10-20-41(36)48(42)39-21-11-16-31-28-45-25-24-33(31)39/h1-29H;2*1-28H. The molecule has 0 unspecified atom stereocenters. The number of fused-ring (bicyclic) bond motifs is 25. The topological polar surface area (TPSA) is 120 Å². The molecule has 0 aliphatic heterocycles. The van der Waals surface area contributed by atoms with Crippen molar-refractivity contribution in [3.8, 4) is 102 Å². The van der Waals surface area contributed by atoms with Gasteiger partial charge < -0.3 is 27.4 Å². The molecule has 13 nitrogen and oxygen atoms in total. The van der Waals surface area contributed by atoms with Crippen molar-refractivity contribution in [3.05, 3.63) is 516 Å². The molecule has 0 spiro atoms. The number of benzene rings is 18.